The molecule has 0 amide bonds. The lowest BCUT2D eigenvalue weighted by Gasteiger charge is -2.21. The molecule has 164 valence electrons. The number of rotatable bonds is 6. The van der Waals surface area contributed by atoms with Crippen molar-refractivity contribution < 1.29 is 13.2 Å². The maximum absolute atomic E-state index is 12.9. The summed E-state index contributed by atoms with van der Waals surface area (Å²) in [5, 5.41) is 8.64. The zero-order valence-corrected chi connectivity index (χ0v) is 18.9. The van der Waals surface area contributed by atoms with E-state index >= 15 is 0 Å². The topological polar surface area (TPSA) is 94.0 Å². The van der Waals surface area contributed by atoms with Crippen molar-refractivity contribution in [3.05, 3.63) is 78.4 Å². The van der Waals surface area contributed by atoms with E-state index in [4.69, 9.17) is 0 Å². The van der Waals surface area contributed by atoms with E-state index in [1.165, 1.54) is 4.80 Å². The molecule has 1 N–H and O–H groups in total. The van der Waals surface area contributed by atoms with E-state index in [2.05, 4.69) is 14.9 Å². The third kappa shape index (κ3) is 4.76. The van der Waals surface area contributed by atoms with Crippen LogP contribution >= 0.6 is 0 Å². The van der Waals surface area contributed by atoms with Crippen LogP contribution in [0.1, 0.15) is 31.1 Å². The number of nitrogens with zero attached hydrogens (tertiary/aromatic N) is 3. The number of ketones is 1. The minimum Gasteiger partial charge on any atom is -0.292 e. The first kappa shape index (κ1) is 21.9. The molecular formula is C24H24N4O3S. The van der Waals surface area contributed by atoms with Crippen LogP contribution in [0.3, 0.4) is 0 Å². The van der Waals surface area contributed by atoms with E-state index in [-0.39, 0.29) is 17.2 Å². The first-order valence-corrected chi connectivity index (χ1v) is 11.7. The molecule has 4 aromatic rings. The van der Waals surface area contributed by atoms with Gasteiger partial charge in [0.2, 0.25) is 10.0 Å². The number of sulfonamides is 1. The smallest absolute Gasteiger partial charge is 0.241 e. The zero-order chi connectivity index (χ0) is 22.9. The van der Waals surface area contributed by atoms with Gasteiger partial charge in [-0.1, -0.05) is 54.6 Å². The second kappa shape index (κ2) is 8.29. The highest BCUT2D eigenvalue weighted by Gasteiger charge is 2.24. The van der Waals surface area contributed by atoms with E-state index in [0.29, 0.717) is 16.7 Å². The summed E-state index contributed by atoms with van der Waals surface area (Å²) >= 11 is 0. The Morgan fingerprint density at radius 2 is 1.44 bits per heavy atom. The number of hydrogen-bond donors (Lipinski definition) is 1. The average Bonchev–Trinajstić information content (AvgIpc) is 3.14. The Morgan fingerprint density at radius 3 is 2.03 bits per heavy atom. The number of benzene rings is 3. The van der Waals surface area contributed by atoms with Gasteiger partial charge in [0.25, 0.3) is 0 Å². The maximum Gasteiger partial charge on any atom is 0.241 e. The van der Waals surface area contributed by atoms with Crippen molar-refractivity contribution in [2.75, 3.05) is 0 Å². The molecule has 0 aliphatic rings. The van der Waals surface area contributed by atoms with Gasteiger partial charge in [-0.2, -0.15) is 15.0 Å². The van der Waals surface area contributed by atoms with Crippen molar-refractivity contribution in [2.24, 2.45) is 0 Å². The van der Waals surface area contributed by atoms with Crippen LogP contribution in [-0.4, -0.2) is 34.7 Å². The molecule has 0 radical (unpaired) electrons. The molecule has 0 aliphatic heterocycles. The summed E-state index contributed by atoms with van der Waals surface area (Å²) in [4.78, 5) is 14.3. The average molecular weight is 449 g/mol. The van der Waals surface area contributed by atoms with Gasteiger partial charge in [0, 0.05) is 16.7 Å². The monoisotopic (exact) mass is 448 g/mol. The van der Waals surface area contributed by atoms with Crippen LogP contribution in [0.2, 0.25) is 0 Å². The molecule has 4 rings (SSSR count). The van der Waals surface area contributed by atoms with E-state index in [1.54, 1.807) is 69.3 Å². The second-order valence-electron chi connectivity index (χ2n) is 8.57. The quantitative estimate of drug-likeness (QED) is 0.449. The van der Waals surface area contributed by atoms with Gasteiger partial charge in [-0.25, -0.2) is 13.1 Å². The number of hydrogen-bond acceptors (Lipinski definition) is 5. The van der Waals surface area contributed by atoms with Crippen molar-refractivity contribution in [1.82, 2.24) is 19.7 Å². The highest BCUT2D eigenvalue weighted by molar-refractivity contribution is 7.89. The summed E-state index contributed by atoms with van der Waals surface area (Å²) in [6.07, 6.45) is 0. The molecule has 32 heavy (non-hydrogen) atoms. The fourth-order valence-electron chi connectivity index (χ4n) is 3.43. The number of carbonyl (C=O) groups is 1. The van der Waals surface area contributed by atoms with Crippen LogP contribution in [0.15, 0.2) is 77.7 Å². The molecule has 0 unspecified atom stereocenters. The van der Waals surface area contributed by atoms with Crippen molar-refractivity contribution in [1.29, 1.82) is 0 Å². The molecule has 1 aromatic heterocycles. The maximum atomic E-state index is 12.9. The normalized spacial score (nSPS) is 12.2. The highest BCUT2D eigenvalue weighted by Crippen LogP contribution is 2.28. The molecule has 0 aliphatic carbocycles. The van der Waals surface area contributed by atoms with Gasteiger partial charge >= 0.3 is 0 Å². The van der Waals surface area contributed by atoms with Gasteiger partial charge in [-0.05, 0) is 44.5 Å². The van der Waals surface area contributed by atoms with Gasteiger partial charge in [-0.3, -0.25) is 4.79 Å². The van der Waals surface area contributed by atoms with Crippen molar-refractivity contribution in [2.45, 2.75) is 37.8 Å². The molecule has 0 fully saturated rings. The Kier molecular flexibility index (Phi) is 5.66. The predicted molar refractivity (Wildman–Crippen MR) is 124 cm³/mol. The lowest BCUT2D eigenvalue weighted by atomic mass is 10.0. The van der Waals surface area contributed by atoms with E-state index < -0.39 is 15.6 Å². The van der Waals surface area contributed by atoms with E-state index in [9.17, 15) is 13.2 Å². The van der Waals surface area contributed by atoms with Crippen molar-refractivity contribution in [3.8, 4) is 11.1 Å². The molecule has 8 heteroatoms. The van der Waals surface area contributed by atoms with Gasteiger partial charge < -0.3 is 0 Å². The van der Waals surface area contributed by atoms with Crippen molar-refractivity contribution >= 4 is 26.8 Å². The number of aromatic nitrogens is 3. The summed E-state index contributed by atoms with van der Waals surface area (Å²) in [7, 11) is -3.71. The molecule has 1 heterocycles. The minimum absolute atomic E-state index is 0.0223. The van der Waals surface area contributed by atoms with Crippen LogP contribution in [0.4, 0.5) is 0 Å². The largest absolute Gasteiger partial charge is 0.292 e. The summed E-state index contributed by atoms with van der Waals surface area (Å²) in [6, 6.07) is 21.2. The molecular weight excluding hydrogens is 424 g/mol. The van der Waals surface area contributed by atoms with Gasteiger partial charge in [0.05, 0.1) is 4.90 Å². The third-order valence-corrected chi connectivity index (χ3v) is 6.56. The molecule has 3 aromatic carbocycles. The first-order chi connectivity index (χ1) is 15.1. The second-order valence-corrected chi connectivity index (χ2v) is 10.2. The molecule has 0 spiro atoms. The summed E-state index contributed by atoms with van der Waals surface area (Å²) < 4.78 is 28.5. The van der Waals surface area contributed by atoms with Gasteiger partial charge in [0.15, 0.2) is 5.78 Å². The lowest BCUT2D eigenvalue weighted by molar-refractivity contribution is 0.0962. The van der Waals surface area contributed by atoms with Gasteiger partial charge in [0.1, 0.15) is 17.6 Å². The summed E-state index contributed by atoms with van der Waals surface area (Å²) in [5.41, 5.74) is 2.65. The Morgan fingerprint density at radius 1 is 0.875 bits per heavy atom. The fraction of sp³-hybridized carbons (Fsp3) is 0.208. The van der Waals surface area contributed by atoms with Crippen molar-refractivity contribution in [3.63, 3.8) is 0 Å². The highest BCUT2D eigenvalue weighted by atomic mass is 32.2. The van der Waals surface area contributed by atoms with Crippen LogP contribution in [0, 0.1) is 0 Å². The van der Waals surface area contributed by atoms with E-state index in [1.807, 2.05) is 24.3 Å². The van der Waals surface area contributed by atoms with Crippen LogP contribution in [0.5, 0.6) is 0 Å². The van der Waals surface area contributed by atoms with Crippen LogP contribution < -0.4 is 4.72 Å². The number of Topliss-reactive ketones (excluding diaryl/α,β-unsaturated/α-hetero) is 1. The number of nitrogens with one attached hydrogen (secondary N) is 1. The third-order valence-electron chi connectivity index (χ3n) is 4.75. The molecule has 0 saturated carbocycles. The Hall–Kier alpha value is -3.36. The van der Waals surface area contributed by atoms with Gasteiger partial charge in [-0.15, -0.1) is 0 Å². The molecule has 0 bridgehead atoms. The molecule has 0 atom stereocenters. The lowest BCUT2D eigenvalue weighted by Crippen LogP contribution is -2.40. The molecule has 0 saturated heterocycles. The SMILES string of the molecule is CC(C)(C)NS(=O)(=O)c1ccccc1-c1ccc(C(=O)Cn2nc3ccccc3n2)cc1. The fourth-order valence-corrected chi connectivity index (χ4v) is 5.08. The van der Waals surface area contributed by atoms with Crippen LogP contribution in [-0.2, 0) is 16.6 Å². The Labute approximate surface area is 187 Å². The van der Waals surface area contributed by atoms with E-state index in [0.717, 1.165) is 11.0 Å². The Balaban J connectivity index is 1.58. The first-order valence-electron chi connectivity index (χ1n) is 10.2. The minimum atomic E-state index is -3.71. The number of carbonyl (C=O) groups excluding carboxylic acids is 1. The Bertz CT molecular complexity index is 1350. The summed E-state index contributed by atoms with van der Waals surface area (Å²) in [6.45, 7) is 5.41. The number of fused-ring (bicyclic) bond motifs is 1. The predicted octanol–water partition coefficient (Wildman–Crippen LogP) is 4.06. The zero-order valence-electron chi connectivity index (χ0n) is 18.1. The summed E-state index contributed by atoms with van der Waals surface area (Å²) in [5.74, 6) is -0.132. The standard InChI is InChI=1S/C24H24N4O3S/c1-24(2,3)27-32(30,31)23-11-7-4-8-19(23)17-12-14-18(15-13-17)22(29)16-28-25-20-9-5-6-10-21(20)26-28/h4-15,27H,16H2,1-3H3. The van der Waals surface area contributed by atoms with Crippen LogP contribution in [0.25, 0.3) is 22.2 Å². The molecule has 7 nitrogen and oxygen atoms in total.